The maximum atomic E-state index is 5.40. The summed E-state index contributed by atoms with van der Waals surface area (Å²) in [5.74, 6) is 1.55. The van der Waals surface area contributed by atoms with Crippen molar-refractivity contribution in [1.29, 1.82) is 0 Å². The zero-order chi connectivity index (χ0) is 21.0. The molecule has 1 aromatic carbocycles. The maximum Gasteiger partial charge on any atom is 0.189 e. The molecule has 1 saturated heterocycles. The average Bonchev–Trinajstić information content (AvgIpc) is 3.47. The molecule has 4 heterocycles. The molecule has 8 nitrogen and oxygen atoms in total. The zero-order valence-electron chi connectivity index (χ0n) is 17.3. The van der Waals surface area contributed by atoms with Crippen molar-refractivity contribution in [2.24, 2.45) is 0 Å². The second-order valence-corrected chi connectivity index (χ2v) is 8.44. The molecule has 0 radical (unpaired) electrons. The lowest BCUT2D eigenvalue weighted by molar-refractivity contribution is 0.144. The van der Waals surface area contributed by atoms with Crippen molar-refractivity contribution < 1.29 is 9.15 Å². The first-order valence-electron chi connectivity index (χ1n) is 10.3. The molecule has 0 aliphatic carbocycles. The van der Waals surface area contributed by atoms with Gasteiger partial charge in [-0.25, -0.2) is 15.0 Å². The Balaban J connectivity index is 1.28. The minimum Gasteiger partial charge on any atom is -0.444 e. The van der Waals surface area contributed by atoms with E-state index in [4.69, 9.17) is 14.1 Å². The lowest BCUT2D eigenvalue weighted by atomic mass is 10.2. The minimum absolute atomic E-state index is 0.751. The van der Waals surface area contributed by atoms with E-state index in [0.717, 1.165) is 71.8 Å². The number of pyridine rings is 1. The molecular formula is C22H24N6O2S. The Hall–Kier alpha value is -3.01. The maximum absolute atomic E-state index is 5.40. The van der Waals surface area contributed by atoms with Crippen LogP contribution in [0.15, 0.2) is 53.5 Å². The number of anilines is 3. The molecule has 0 atom stereocenters. The molecule has 1 N–H and O–H groups in total. The summed E-state index contributed by atoms with van der Waals surface area (Å²) < 4.78 is 11.7. The summed E-state index contributed by atoms with van der Waals surface area (Å²) in [6, 6.07) is 10.2. The smallest absolute Gasteiger partial charge is 0.189 e. The van der Waals surface area contributed by atoms with Crippen LogP contribution in [-0.4, -0.2) is 66.3 Å². The van der Waals surface area contributed by atoms with Crippen molar-refractivity contribution >= 4 is 38.2 Å². The van der Waals surface area contributed by atoms with Gasteiger partial charge in [0.1, 0.15) is 5.82 Å². The van der Waals surface area contributed by atoms with Gasteiger partial charge in [-0.05, 0) is 24.3 Å². The molecule has 0 bridgehead atoms. The molecule has 1 aliphatic rings. The topological polar surface area (TPSA) is 79.5 Å². The van der Waals surface area contributed by atoms with Crippen LogP contribution in [0.4, 0.5) is 16.6 Å². The number of thiazole rings is 1. The predicted octanol–water partition coefficient (Wildman–Crippen LogP) is 3.86. The van der Waals surface area contributed by atoms with Crippen LogP contribution < -0.4 is 10.2 Å². The highest BCUT2D eigenvalue weighted by Crippen LogP contribution is 2.32. The molecule has 0 amide bonds. The van der Waals surface area contributed by atoms with Gasteiger partial charge in [0.15, 0.2) is 17.3 Å². The SMILES string of the molecule is COCCN1CCN(c2ccnc(Nc3nc4ccc(-c5cnco5)cc4s3)c2)CC1. The van der Waals surface area contributed by atoms with Crippen LogP contribution in [0.1, 0.15) is 0 Å². The lowest BCUT2D eigenvalue weighted by Gasteiger charge is -2.36. The summed E-state index contributed by atoms with van der Waals surface area (Å²) in [7, 11) is 1.75. The predicted molar refractivity (Wildman–Crippen MR) is 123 cm³/mol. The number of aromatic nitrogens is 3. The van der Waals surface area contributed by atoms with E-state index in [9.17, 15) is 0 Å². The Kier molecular flexibility index (Phi) is 5.79. The van der Waals surface area contributed by atoms with Crippen LogP contribution in [0, 0.1) is 0 Å². The molecule has 4 aromatic rings. The molecular weight excluding hydrogens is 412 g/mol. The van der Waals surface area contributed by atoms with Gasteiger partial charge in [0, 0.05) is 63.3 Å². The number of nitrogens with zero attached hydrogens (tertiary/aromatic N) is 5. The van der Waals surface area contributed by atoms with Gasteiger partial charge in [-0.15, -0.1) is 0 Å². The Bertz CT molecular complexity index is 1140. The monoisotopic (exact) mass is 436 g/mol. The van der Waals surface area contributed by atoms with Gasteiger partial charge in [-0.2, -0.15) is 0 Å². The third-order valence-corrected chi connectivity index (χ3v) is 6.37. The number of ether oxygens (including phenoxy) is 1. The summed E-state index contributed by atoms with van der Waals surface area (Å²) in [6.45, 7) is 5.85. The number of fused-ring (bicyclic) bond motifs is 1. The average molecular weight is 437 g/mol. The number of nitrogens with one attached hydrogen (secondary N) is 1. The van der Waals surface area contributed by atoms with Gasteiger partial charge in [0.25, 0.3) is 0 Å². The van der Waals surface area contributed by atoms with Gasteiger partial charge in [0.2, 0.25) is 0 Å². The summed E-state index contributed by atoms with van der Waals surface area (Å²) in [5.41, 5.74) is 3.11. The molecule has 1 aliphatic heterocycles. The number of benzene rings is 1. The fourth-order valence-corrected chi connectivity index (χ4v) is 4.65. The molecule has 3 aromatic heterocycles. The minimum atomic E-state index is 0.751. The normalized spacial score (nSPS) is 14.9. The number of hydrogen-bond donors (Lipinski definition) is 1. The van der Waals surface area contributed by atoms with E-state index in [1.807, 2.05) is 18.3 Å². The Labute approximate surface area is 184 Å². The van der Waals surface area contributed by atoms with Gasteiger partial charge in [-0.3, -0.25) is 4.90 Å². The lowest BCUT2D eigenvalue weighted by Crippen LogP contribution is -2.47. The highest BCUT2D eigenvalue weighted by molar-refractivity contribution is 7.22. The van der Waals surface area contributed by atoms with Crippen molar-refractivity contribution in [3.63, 3.8) is 0 Å². The van der Waals surface area contributed by atoms with Gasteiger partial charge >= 0.3 is 0 Å². The molecule has 160 valence electrons. The number of hydrogen-bond acceptors (Lipinski definition) is 9. The number of piperazine rings is 1. The van der Waals surface area contributed by atoms with E-state index in [2.05, 4.69) is 43.3 Å². The summed E-state index contributed by atoms with van der Waals surface area (Å²) in [5, 5.41) is 4.19. The summed E-state index contributed by atoms with van der Waals surface area (Å²) >= 11 is 1.60. The fraction of sp³-hybridized carbons (Fsp3) is 0.318. The van der Waals surface area contributed by atoms with E-state index in [1.165, 1.54) is 12.1 Å². The van der Waals surface area contributed by atoms with E-state index < -0.39 is 0 Å². The van der Waals surface area contributed by atoms with Crippen molar-refractivity contribution in [2.45, 2.75) is 0 Å². The Morgan fingerprint density at radius 1 is 1.16 bits per heavy atom. The fourth-order valence-electron chi connectivity index (χ4n) is 3.73. The zero-order valence-corrected chi connectivity index (χ0v) is 18.1. The van der Waals surface area contributed by atoms with Crippen LogP contribution >= 0.6 is 11.3 Å². The van der Waals surface area contributed by atoms with E-state index >= 15 is 0 Å². The Morgan fingerprint density at radius 3 is 2.87 bits per heavy atom. The molecule has 1 fully saturated rings. The van der Waals surface area contributed by atoms with Crippen LogP contribution in [0.5, 0.6) is 0 Å². The third-order valence-electron chi connectivity index (χ3n) is 5.43. The van der Waals surface area contributed by atoms with Crippen LogP contribution in [0.25, 0.3) is 21.5 Å². The standard InChI is InChI=1S/C22H24N6O2S/c1-29-11-10-27-6-8-28(9-7-27)17-4-5-24-21(13-17)26-22-25-18-3-2-16(12-20(18)31-22)19-14-23-15-30-19/h2-5,12-15H,6-11H2,1H3,(H,24,25,26). The summed E-state index contributed by atoms with van der Waals surface area (Å²) in [6.07, 6.45) is 5.01. The number of rotatable bonds is 7. The van der Waals surface area contributed by atoms with E-state index in [-0.39, 0.29) is 0 Å². The van der Waals surface area contributed by atoms with Crippen LogP contribution in [-0.2, 0) is 4.74 Å². The Morgan fingerprint density at radius 2 is 2.06 bits per heavy atom. The number of methoxy groups -OCH3 is 1. The largest absolute Gasteiger partial charge is 0.444 e. The molecule has 31 heavy (non-hydrogen) atoms. The van der Waals surface area contributed by atoms with E-state index in [0.29, 0.717) is 0 Å². The van der Waals surface area contributed by atoms with Gasteiger partial charge < -0.3 is 19.4 Å². The van der Waals surface area contributed by atoms with Crippen molar-refractivity contribution in [3.8, 4) is 11.3 Å². The molecule has 5 rings (SSSR count). The first kappa shape index (κ1) is 19.9. The highest BCUT2D eigenvalue weighted by Gasteiger charge is 2.17. The van der Waals surface area contributed by atoms with E-state index in [1.54, 1.807) is 24.6 Å². The van der Waals surface area contributed by atoms with Crippen molar-refractivity contribution in [1.82, 2.24) is 19.9 Å². The van der Waals surface area contributed by atoms with Crippen molar-refractivity contribution in [3.05, 3.63) is 49.1 Å². The third kappa shape index (κ3) is 4.53. The quantitative estimate of drug-likeness (QED) is 0.468. The van der Waals surface area contributed by atoms with Crippen LogP contribution in [0.2, 0.25) is 0 Å². The molecule has 0 unspecified atom stereocenters. The molecule has 9 heteroatoms. The van der Waals surface area contributed by atoms with Crippen LogP contribution in [0.3, 0.4) is 0 Å². The van der Waals surface area contributed by atoms with Crippen molar-refractivity contribution in [2.75, 3.05) is 56.7 Å². The molecule has 0 saturated carbocycles. The second-order valence-electron chi connectivity index (χ2n) is 7.41. The van der Waals surface area contributed by atoms with Gasteiger partial charge in [0.05, 0.1) is 23.0 Å². The summed E-state index contributed by atoms with van der Waals surface area (Å²) in [4.78, 5) is 18.0. The van der Waals surface area contributed by atoms with Gasteiger partial charge in [-0.1, -0.05) is 11.3 Å². The highest BCUT2D eigenvalue weighted by atomic mass is 32.1. The second kappa shape index (κ2) is 9.01. The first-order valence-corrected chi connectivity index (χ1v) is 11.1. The molecule has 0 spiro atoms. The number of oxazole rings is 1. The first-order chi connectivity index (χ1) is 15.3.